The smallest absolute Gasteiger partial charge is 0.324 e. The van der Waals surface area contributed by atoms with E-state index in [9.17, 15) is 4.79 Å². The van der Waals surface area contributed by atoms with Gasteiger partial charge in [0.1, 0.15) is 5.54 Å². The van der Waals surface area contributed by atoms with E-state index in [-0.39, 0.29) is 12.4 Å². The number of aliphatic carboxylic acids is 1. The molecule has 0 unspecified atom stereocenters. The van der Waals surface area contributed by atoms with Gasteiger partial charge in [0.2, 0.25) is 0 Å². The van der Waals surface area contributed by atoms with Crippen LogP contribution >= 0.6 is 12.4 Å². The van der Waals surface area contributed by atoms with E-state index in [2.05, 4.69) is 0 Å². The average molecular weight is 224 g/mol. The lowest BCUT2D eigenvalue weighted by Crippen LogP contribution is -2.57. The first-order chi connectivity index (χ1) is 5.75. The van der Waals surface area contributed by atoms with Crippen molar-refractivity contribution in [1.82, 2.24) is 0 Å². The monoisotopic (exact) mass is 223 g/mol. The first-order valence-electron chi connectivity index (χ1n) is 4.78. The molecule has 4 heteroatoms. The molecule has 14 heavy (non-hydrogen) atoms. The maximum absolute atomic E-state index is 11.0. The number of rotatable bonds is 4. The summed E-state index contributed by atoms with van der Waals surface area (Å²) in [7, 11) is 0. The maximum Gasteiger partial charge on any atom is 0.324 e. The number of carboxylic acids is 1. The first-order valence-corrected chi connectivity index (χ1v) is 4.78. The Morgan fingerprint density at radius 3 is 2.00 bits per heavy atom. The van der Waals surface area contributed by atoms with E-state index in [4.69, 9.17) is 10.8 Å². The molecule has 0 saturated heterocycles. The van der Waals surface area contributed by atoms with Gasteiger partial charge in [-0.05, 0) is 11.8 Å². The highest BCUT2D eigenvalue weighted by Crippen LogP contribution is 2.32. The molecule has 0 aromatic heterocycles. The summed E-state index contributed by atoms with van der Waals surface area (Å²) in [6.07, 6.45) is 2.38. The van der Waals surface area contributed by atoms with E-state index in [1.54, 1.807) is 0 Å². The van der Waals surface area contributed by atoms with Gasteiger partial charge in [0.15, 0.2) is 0 Å². The predicted molar refractivity (Wildman–Crippen MR) is 60.8 cm³/mol. The Balaban J connectivity index is 0. The standard InChI is InChI=1S/C10H21NO2.ClH/c1-5-6-7-10(11,8(12)13)9(2,3)4;/h5-7,11H2,1-4H3,(H,12,13);1H/t10-;/m1./s1. The van der Waals surface area contributed by atoms with Crippen LogP contribution in [-0.2, 0) is 4.79 Å². The quantitative estimate of drug-likeness (QED) is 0.770. The molecular formula is C10H22ClNO2. The second-order valence-electron chi connectivity index (χ2n) is 4.63. The molecule has 0 spiro atoms. The Labute approximate surface area is 92.5 Å². The fourth-order valence-electron chi connectivity index (χ4n) is 1.26. The molecule has 0 radical (unpaired) electrons. The summed E-state index contributed by atoms with van der Waals surface area (Å²) in [4.78, 5) is 11.0. The summed E-state index contributed by atoms with van der Waals surface area (Å²) in [5, 5.41) is 9.07. The summed E-state index contributed by atoms with van der Waals surface area (Å²) in [6.45, 7) is 7.65. The van der Waals surface area contributed by atoms with Crippen LogP contribution < -0.4 is 5.73 Å². The van der Waals surface area contributed by atoms with Crippen LogP contribution in [0.25, 0.3) is 0 Å². The van der Waals surface area contributed by atoms with Crippen LogP contribution in [0.5, 0.6) is 0 Å². The molecule has 0 amide bonds. The number of halogens is 1. The molecule has 1 atom stereocenters. The van der Waals surface area contributed by atoms with Crippen molar-refractivity contribution in [2.75, 3.05) is 0 Å². The van der Waals surface area contributed by atoms with Crippen LogP contribution in [0.15, 0.2) is 0 Å². The lowest BCUT2D eigenvalue weighted by atomic mass is 9.71. The van der Waals surface area contributed by atoms with Crippen molar-refractivity contribution >= 4 is 18.4 Å². The fraction of sp³-hybridized carbons (Fsp3) is 0.900. The zero-order valence-electron chi connectivity index (χ0n) is 9.46. The zero-order valence-corrected chi connectivity index (χ0v) is 10.3. The van der Waals surface area contributed by atoms with Gasteiger partial charge in [0.05, 0.1) is 0 Å². The average Bonchev–Trinajstić information content (AvgIpc) is 1.97. The number of carboxylic acid groups (broad SMARTS) is 1. The summed E-state index contributed by atoms with van der Waals surface area (Å²) in [5.41, 5.74) is 4.42. The Morgan fingerprint density at radius 2 is 1.79 bits per heavy atom. The normalized spacial score (nSPS) is 15.5. The summed E-state index contributed by atoms with van der Waals surface area (Å²) in [5.74, 6) is -0.895. The number of hydrogen-bond donors (Lipinski definition) is 2. The van der Waals surface area contributed by atoms with Gasteiger partial charge in [0.25, 0.3) is 0 Å². The summed E-state index contributed by atoms with van der Waals surface area (Å²) < 4.78 is 0. The van der Waals surface area contributed by atoms with Crippen LogP contribution in [0.2, 0.25) is 0 Å². The van der Waals surface area contributed by atoms with Crippen molar-refractivity contribution in [2.45, 2.75) is 52.5 Å². The molecule has 86 valence electrons. The van der Waals surface area contributed by atoms with Gasteiger partial charge in [-0.1, -0.05) is 40.5 Å². The van der Waals surface area contributed by atoms with Crippen LogP contribution in [0.4, 0.5) is 0 Å². The van der Waals surface area contributed by atoms with Gasteiger partial charge in [-0.25, -0.2) is 0 Å². The Morgan fingerprint density at radius 1 is 1.36 bits per heavy atom. The first kappa shape index (κ1) is 16.2. The molecule has 0 aliphatic heterocycles. The van der Waals surface area contributed by atoms with Crippen LogP contribution in [0.1, 0.15) is 47.0 Å². The number of unbranched alkanes of at least 4 members (excludes halogenated alkanes) is 1. The van der Waals surface area contributed by atoms with Gasteiger partial charge in [-0.15, -0.1) is 12.4 Å². The van der Waals surface area contributed by atoms with E-state index in [0.29, 0.717) is 6.42 Å². The molecule has 0 rings (SSSR count). The SMILES string of the molecule is CCCC[C@@](N)(C(=O)O)C(C)(C)C.Cl. The van der Waals surface area contributed by atoms with Crippen LogP contribution in [-0.4, -0.2) is 16.6 Å². The van der Waals surface area contributed by atoms with Gasteiger partial charge < -0.3 is 10.8 Å². The minimum Gasteiger partial charge on any atom is -0.480 e. The lowest BCUT2D eigenvalue weighted by molar-refractivity contribution is -0.148. The molecule has 0 aliphatic rings. The highest BCUT2D eigenvalue weighted by Gasteiger charge is 2.44. The fourth-order valence-corrected chi connectivity index (χ4v) is 1.26. The molecule has 0 bridgehead atoms. The number of carbonyl (C=O) groups is 1. The Bertz CT molecular complexity index is 189. The molecule has 0 heterocycles. The molecule has 0 fully saturated rings. The van der Waals surface area contributed by atoms with Gasteiger partial charge >= 0.3 is 5.97 Å². The van der Waals surface area contributed by atoms with Crippen molar-refractivity contribution in [3.8, 4) is 0 Å². The van der Waals surface area contributed by atoms with Crippen LogP contribution in [0, 0.1) is 5.41 Å². The van der Waals surface area contributed by atoms with Gasteiger partial charge in [-0.2, -0.15) is 0 Å². The molecular weight excluding hydrogens is 202 g/mol. The minimum absolute atomic E-state index is 0. The molecule has 0 aromatic carbocycles. The largest absolute Gasteiger partial charge is 0.480 e. The number of nitrogens with two attached hydrogens (primary N) is 1. The summed E-state index contributed by atoms with van der Waals surface area (Å²) in [6, 6.07) is 0. The van der Waals surface area contributed by atoms with Gasteiger partial charge in [0, 0.05) is 0 Å². The molecule has 0 saturated carbocycles. The highest BCUT2D eigenvalue weighted by atomic mass is 35.5. The van der Waals surface area contributed by atoms with Gasteiger partial charge in [-0.3, -0.25) is 4.79 Å². The third-order valence-corrected chi connectivity index (χ3v) is 2.64. The Hall–Kier alpha value is -0.280. The minimum atomic E-state index is -1.09. The van der Waals surface area contributed by atoms with Crippen molar-refractivity contribution in [2.24, 2.45) is 11.1 Å². The zero-order chi connectivity index (χ0) is 10.7. The highest BCUT2D eigenvalue weighted by molar-refractivity contribution is 5.85. The molecule has 3 N–H and O–H groups in total. The Kier molecular flexibility index (Phi) is 6.42. The van der Waals surface area contributed by atoms with E-state index < -0.39 is 16.9 Å². The summed E-state index contributed by atoms with van der Waals surface area (Å²) >= 11 is 0. The van der Waals surface area contributed by atoms with Crippen molar-refractivity contribution in [3.63, 3.8) is 0 Å². The van der Waals surface area contributed by atoms with Crippen LogP contribution in [0.3, 0.4) is 0 Å². The third-order valence-electron chi connectivity index (χ3n) is 2.64. The van der Waals surface area contributed by atoms with E-state index in [1.165, 1.54) is 0 Å². The molecule has 3 nitrogen and oxygen atoms in total. The van der Waals surface area contributed by atoms with Crippen molar-refractivity contribution in [1.29, 1.82) is 0 Å². The van der Waals surface area contributed by atoms with Crippen molar-refractivity contribution in [3.05, 3.63) is 0 Å². The topological polar surface area (TPSA) is 63.3 Å². The maximum atomic E-state index is 11.0. The number of hydrogen-bond acceptors (Lipinski definition) is 2. The van der Waals surface area contributed by atoms with E-state index >= 15 is 0 Å². The second-order valence-corrected chi connectivity index (χ2v) is 4.63. The van der Waals surface area contributed by atoms with E-state index in [1.807, 2.05) is 27.7 Å². The van der Waals surface area contributed by atoms with Crippen molar-refractivity contribution < 1.29 is 9.90 Å². The molecule has 0 aromatic rings. The molecule has 0 aliphatic carbocycles. The third kappa shape index (κ3) is 3.46. The predicted octanol–water partition coefficient (Wildman–Crippen LogP) is 2.43. The second kappa shape index (κ2) is 5.56. The van der Waals surface area contributed by atoms with E-state index in [0.717, 1.165) is 12.8 Å². The lowest BCUT2D eigenvalue weighted by Gasteiger charge is -2.37.